The Balaban J connectivity index is 1.88. The highest BCUT2D eigenvalue weighted by Gasteiger charge is 2.13. The SMILES string of the molecule is N#CC(NCCC1=CCCCC1)c1ccccc1Cl. The zero-order valence-corrected chi connectivity index (χ0v) is 11.8. The Kier molecular flexibility index (Phi) is 5.44. The molecule has 3 heteroatoms. The van der Waals surface area contributed by atoms with Crippen LogP contribution in [0.3, 0.4) is 0 Å². The number of allylic oxidation sites excluding steroid dienone is 1. The zero-order valence-electron chi connectivity index (χ0n) is 11.0. The number of hydrogen-bond donors (Lipinski definition) is 1. The summed E-state index contributed by atoms with van der Waals surface area (Å²) in [7, 11) is 0. The van der Waals surface area contributed by atoms with Crippen LogP contribution in [0.1, 0.15) is 43.7 Å². The van der Waals surface area contributed by atoms with E-state index in [0.29, 0.717) is 5.02 Å². The smallest absolute Gasteiger partial charge is 0.122 e. The fourth-order valence-corrected chi connectivity index (χ4v) is 2.69. The summed E-state index contributed by atoms with van der Waals surface area (Å²) in [6, 6.07) is 9.49. The van der Waals surface area contributed by atoms with Crippen molar-refractivity contribution in [3.8, 4) is 6.07 Å². The Bertz CT molecular complexity index is 488. The molecule has 19 heavy (non-hydrogen) atoms. The monoisotopic (exact) mass is 274 g/mol. The van der Waals surface area contributed by atoms with Crippen molar-refractivity contribution in [2.24, 2.45) is 0 Å². The van der Waals surface area contributed by atoms with Gasteiger partial charge in [-0.3, -0.25) is 5.32 Å². The lowest BCUT2D eigenvalue weighted by atomic mass is 9.97. The van der Waals surface area contributed by atoms with E-state index in [1.807, 2.05) is 24.3 Å². The number of hydrogen-bond acceptors (Lipinski definition) is 2. The molecule has 0 fully saturated rings. The second-order valence-corrected chi connectivity index (χ2v) is 5.30. The first-order chi connectivity index (χ1) is 9.31. The maximum atomic E-state index is 9.26. The van der Waals surface area contributed by atoms with Crippen molar-refractivity contribution in [1.82, 2.24) is 5.32 Å². The van der Waals surface area contributed by atoms with E-state index in [2.05, 4.69) is 17.5 Å². The van der Waals surface area contributed by atoms with Gasteiger partial charge in [0.05, 0.1) is 6.07 Å². The maximum absolute atomic E-state index is 9.26. The van der Waals surface area contributed by atoms with Crippen LogP contribution in [0.4, 0.5) is 0 Å². The van der Waals surface area contributed by atoms with Crippen molar-refractivity contribution in [3.63, 3.8) is 0 Å². The molecule has 0 radical (unpaired) electrons. The minimum atomic E-state index is -0.321. The summed E-state index contributed by atoms with van der Waals surface area (Å²) in [5.41, 5.74) is 2.39. The molecular formula is C16H19ClN2. The zero-order chi connectivity index (χ0) is 13.5. The molecule has 1 unspecified atom stereocenters. The van der Waals surface area contributed by atoms with Gasteiger partial charge in [-0.05, 0) is 38.2 Å². The highest BCUT2D eigenvalue weighted by atomic mass is 35.5. The van der Waals surface area contributed by atoms with Crippen LogP contribution in [0.15, 0.2) is 35.9 Å². The predicted molar refractivity (Wildman–Crippen MR) is 79.0 cm³/mol. The lowest BCUT2D eigenvalue weighted by Crippen LogP contribution is -2.22. The fraction of sp³-hybridized carbons (Fsp3) is 0.438. The van der Waals surface area contributed by atoms with E-state index in [-0.39, 0.29) is 6.04 Å². The topological polar surface area (TPSA) is 35.8 Å². The minimum absolute atomic E-state index is 0.321. The lowest BCUT2D eigenvalue weighted by Gasteiger charge is -2.16. The van der Waals surface area contributed by atoms with Gasteiger partial charge in [0.15, 0.2) is 0 Å². The predicted octanol–water partition coefficient (Wildman–Crippen LogP) is 4.38. The highest BCUT2D eigenvalue weighted by Crippen LogP contribution is 2.23. The average molecular weight is 275 g/mol. The van der Waals surface area contributed by atoms with E-state index in [4.69, 9.17) is 11.6 Å². The van der Waals surface area contributed by atoms with Gasteiger partial charge in [0.25, 0.3) is 0 Å². The van der Waals surface area contributed by atoms with E-state index in [1.54, 1.807) is 0 Å². The van der Waals surface area contributed by atoms with Crippen molar-refractivity contribution in [1.29, 1.82) is 5.26 Å². The molecule has 0 saturated carbocycles. The van der Waals surface area contributed by atoms with Crippen LogP contribution < -0.4 is 5.32 Å². The third kappa shape index (κ3) is 4.09. The normalized spacial score (nSPS) is 16.5. The molecule has 0 aliphatic heterocycles. The molecule has 0 saturated heterocycles. The van der Waals surface area contributed by atoms with E-state index in [1.165, 1.54) is 31.3 Å². The van der Waals surface area contributed by atoms with Gasteiger partial charge >= 0.3 is 0 Å². The van der Waals surface area contributed by atoms with Crippen molar-refractivity contribution >= 4 is 11.6 Å². The number of nitrogens with zero attached hydrogens (tertiary/aromatic N) is 1. The molecule has 1 aromatic rings. The number of benzene rings is 1. The lowest BCUT2D eigenvalue weighted by molar-refractivity contribution is 0.602. The van der Waals surface area contributed by atoms with E-state index >= 15 is 0 Å². The molecule has 1 atom stereocenters. The number of rotatable bonds is 5. The molecule has 0 amide bonds. The molecular weight excluding hydrogens is 256 g/mol. The van der Waals surface area contributed by atoms with Gasteiger partial charge in [0, 0.05) is 17.1 Å². The van der Waals surface area contributed by atoms with E-state index < -0.39 is 0 Å². The summed E-state index contributed by atoms with van der Waals surface area (Å²) in [5, 5.41) is 13.2. The quantitative estimate of drug-likeness (QED) is 0.809. The minimum Gasteiger partial charge on any atom is -0.298 e. The van der Waals surface area contributed by atoms with Gasteiger partial charge in [-0.2, -0.15) is 5.26 Å². The first-order valence-corrected chi connectivity index (χ1v) is 7.24. The third-order valence-corrected chi connectivity index (χ3v) is 3.87. The second-order valence-electron chi connectivity index (χ2n) is 4.90. The average Bonchev–Trinajstić information content (AvgIpc) is 2.46. The first-order valence-electron chi connectivity index (χ1n) is 6.86. The van der Waals surface area contributed by atoms with Crippen molar-refractivity contribution in [2.75, 3.05) is 6.54 Å². The second kappa shape index (κ2) is 7.33. The molecule has 0 bridgehead atoms. The maximum Gasteiger partial charge on any atom is 0.122 e. The summed E-state index contributed by atoms with van der Waals surface area (Å²) in [4.78, 5) is 0. The Hall–Kier alpha value is -1.30. The summed E-state index contributed by atoms with van der Waals surface area (Å²) >= 11 is 6.12. The van der Waals surface area contributed by atoms with Crippen LogP contribution in [0.25, 0.3) is 0 Å². The third-order valence-electron chi connectivity index (χ3n) is 3.52. The molecule has 0 aromatic heterocycles. The van der Waals surface area contributed by atoms with Gasteiger partial charge in [-0.25, -0.2) is 0 Å². The molecule has 2 rings (SSSR count). The van der Waals surface area contributed by atoms with Crippen molar-refractivity contribution < 1.29 is 0 Å². The van der Waals surface area contributed by atoms with Gasteiger partial charge in [0.1, 0.15) is 6.04 Å². The molecule has 2 nitrogen and oxygen atoms in total. The first kappa shape index (κ1) is 14.1. The van der Waals surface area contributed by atoms with Crippen LogP contribution in [0, 0.1) is 11.3 Å². The molecule has 1 N–H and O–H groups in total. The van der Waals surface area contributed by atoms with Crippen LogP contribution >= 0.6 is 11.6 Å². The summed E-state index contributed by atoms with van der Waals surface area (Å²) in [6.45, 7) is 0.829. The summed E-state index contributed by atoms with van der Waals surface area (Å²) in [6.07, 6.45) is 8.42. The van der Waals surface area contributed by atoms with Crippen LogP contribution in [0.2, 0.25) is 5.02 Å². The number of nitriles is 1. The molecule has 1 aromatic carbocycles. The molecule has 100 valence electrons. The number of halogens is 1. The van der Waals surface area contributed by atoms with E-state index in [0.717, 1.165) is 18.5 Å². The van der Waals surface area contributed by atoms with E-state index in [9.17, 15) is 5.26 Å². The summed E-state index contributed by atoms with van der Waals surface area (Å²) < 4.78 is 0. The van der Waals surface area contributed by atoms with Gasteiger partial charge in [0.2, 0.25) is 0 Å². The fourth-order valence-electron chi connectivity index (χ4n) is 2.44. The Morgan fingerprint density at radius 2 is 2.16 bits per heavy atom. The van der Waals surface area contributed by atoms with Crippen molar-refractivity contribution in [2.45, 2.75) is 38.1 Å². The largest absolute Gasteiger partial charge is 0.298 e. The Morgan fingerprint density at radius 3 is 2.84 bits per heavy atom. The summed E-state index contributed by atoms with van der Waals surface area (Å²) in [5.74, 6) is 0. The molecule has 0 spiro atoms. The van der Waals surface area contributed by atoms with Crippen LogP contribution in [-0.2, 0) is 0 Å². The Labute approximate surface area is 120 Å². The van der Waals surface area contributed by atoms with Gasteiger partial charge in [-0.15, -0.1) is 0 Å². The van der Waals surface area contributed by atoms with Gasteiger partial charge < -0.3 is 0 Å². The number of nitrogens with one attached hydrogen (secondary N) is 1. The molecule has 0 heterocycles. The highest BCUT2D eigenvalue weighted by molar-refractivity contribution is 6.31. The molecule has 1 aliphatic carbocycles. The molecule has 1 aliphatic rings. The van der Waals surface area contributed by atoms with Crippen LogP contribution in [0.5, 0.6) is 0 Å². The van der Waals surface area contributed by atoms with Gasteiger partial charge in [-0.1, -0.05) is 41.4 Å². The van der Waals surface area contributed by atoms with Crippen LogP contribution in [-0.4, -0.2) is 6.54 Å². The van der Waals surface area contributed by atoms with Crippen molar-refractivity contribution in [3.05, 3.63) is 46.5 Å². The Morgan fingerprint density at radius 1 is 1.32 bits per heavy atom. The standard InChI is InChI=1S/C16H19ClN2/c17-15-9-5-4-8-14(15)16(12-18)19-11-10-13-6-2-1-3-7-13/h4-6,8-9,16,19H,1-3,7,10-11H2.